The van der Waals surface area contributed by atoms with Gasteiger partial charge in [0.05, 0.1) is 13.2 Å². The van der Waals surface area contributed by atoms with Crippen LogP contribution >= 0.6 is 0 Å². The number of nitrogen functional groups attached to an aromatic ring is 1. The van der Waals surface area contributed by atoms with Gasteiger partial charge in [0.15, 0.2) is 5.69 Å². The van der Waals surface area contributed by atoms with Crippen molar-refractivity contribution in [1.82, 2.24) is 14.1 Å². The molecule has 0 saturated carbocycles. The van der Waals surface area contributed by atoms with Crippen LogP contribution in [0, 0.1) is 0 Å². The van der Waals surface area contributed by atoms with Crippen LogP contribution in [0.5, 0.6) is 0 Å². The average molecular weight is 297 g/mol. The van der Waals surface area contributed by atoms with Gasteiger partial charge in [0.1, 0.15) is 5.82 Å². The summed E-state index contributed by atoms with van der Waals surface area (Å²) in [6.07, 6.45) is 1.78. The molecule has 0 bridgehead atoms. The molecule has 0 aliphatic carbocycles. The topological polar surface area (TPSA) is 94.5 Å². The molecule has 0 spiro atoms. The van der Waals surface area contributed by atoms with Gasteiger partial charge in [-0.15, -0.1) is 0 Å². The number of nitrogens with one attached hydrogen (secondary N) is 1. The van der Waals surface area contributed by atoms with E-state index in [2.05, 4.69) is 5.43 Å². The number of nitrogens with two attached hydrogens (primary N) is 1. The highest BCUT2D eigenvalue weighted by atomic mass is 16.5. The lowest BCUT2D eigenvalue weighted by Crippen LogP contribution is -2.46. The third kappa shape index (κ3) is 3.27. The summed E-state index contributed by atoms with van der Waals surface area (Å²) in [4.78, 5) is 24.4. The molecule has 2 heterocycles. The van der Waals surface area contributed by atoms with E-state index >= 15 is 0 Å². The normalized spacial score (nSPS) is 16.1. The largest absolute Gasteiger partial charge is 0.383 e. The Balaban J connectivity index is 2.37. The number of ether oxygens (including phenoxy) is 1. The Morgan fingerprint density at radius 1 is 1.29 bits per heavy atom. The molecule has 2 rings (SSSR count). The quantitative estimate of drug-likeness (QED) is 0.767. The van der Waals surface area contributed by atoms with Gasteiger partial charge in [-0.05, 0) is 6.42 Å². The lowest BCUT2D eigenvalue weighted by atomic mass is 10.3. The molecule has 3 N–H and O–H groups in total. The summed E-state index contributed by atoms with van der Waals surface area (Å²) in [5.41, 5.74) is 8.56. The minimum Gasteiger partial charge on any atom is -0.383 e. The Labute approximate surface area is 123 Å². The molecule has 0 aromatic carbocycles. The van der Waals surface area contributed by atoms with Gasteiger partial charge < -0.3 is 15.9 Å². The molecule has 1 aliphatic rings. The Morgan fingerprint density at radius 2 is 1.95 bits per heavy atom. The molecule has 8 nitrogen and oxygen atoms in total. The highest BCUT2D eigenvalue weighted by molar-refractivity contribution is 5.60. The molecule has 21 heavy (non-hydrogen) atoms. The monoisotopic (exact) mass is 297 g/mol. The van der Waals surface area contributed by atoms with Crippen LogP contribution < -0.4 is 22.4 Å². The van der Waals surface area contributed by atoms with Crippen LogP contribution in [-0.2, 0) is 18.3 Å². The van der Waals surface area contributed by atoms with Gasteiger partial charge in [-0.3, -0.25) is 13.9 Å². The number of morpholine rings is 1. The maximum absolute atomic E-state index is 12.3. The summed E-state index contributed by atoms with van der Waals surface area (Å²) in [7, 11) is 1.47. The van der Waals surface area contributed by atoms with Crippen molar-refractivity contribution in [2.24, 2.45) is 7.05 Å². The fourth-order valence-electron chi connectivity index (χ4n) is 2.25. The minimum atomic E-state index is -0.406. The standard InChI is InChI=1S/C13H23N5O3/c1-3-4-5-18-11(14)10(12(19)16(2)13(18)20)15-17-6-8-21-9-7-17/h15H,3-9,14H2,1-2H3. The molecular formula is C13H23N5O3. The van der Waals surface area contributed by atoms with E-state index in [-0.39, 0.29) is 17.2 Å². The van der Waals surface area contributed by atoms with Crippen LogP contribution in [0.2, 0.25) is 0 Å². The number of hydrogen-bond acceptors (Lipinski definition) is 6. The van der Waals surface area contributed by atoms with E-state index < -0.39 is 5.56 Å². The lowest BCUT2D eigenvalue weighted by molar-refractivity contribution is 0.0496. The maximum atomic E-state index is 12.3. The molecule has 0 amide bonds. The van der Waals surface area contributed by atoms with Gasteiger partial charge in [0, 0.05) is 26.7 Å². The van der Waals surface area contributed by atoms with Crippen LogP contribution in [0.4, 0.5) is 11.5 Å². The number of hydrazine groups is 1. The van der Waals surface area contributed by atoms with Crippen molar-refractivity contribution in [2.75, 3.05) is 37.5 Å². The second-order valence-electron chi connectivity index (χ2n) is 5.12. The Bertz CT molecular complexity index is 601. The molecule has 1 aliphatic heterocycles. The molecule has 0 radical (unpaired) electrons. The summed E-state index contributed by atoms with van der Waals surface area (Å²) in [6.45, 7) is 5.07. The highest BCUT2D eigenvalue weighted by Crippen LogP contribution is 2.13. The molecule has 1 aromatic rings. The van der Waals surface area contributed by atoms with Gasteiger partial charge in [0.25, 0.3) is 5.56 Å². The number of hydrogen-bond donors (Lipinski definition) is 2. The zero-order valence-electron chi connectivity index (χ0n) is 12.6. The van der Waals surface area contributed by atoms with Crippen molar-refractivity contribution in [3.8, 4) is 0 Å². The van der Waals surface area contributed by atoms with Crippen molar-refractivity contribution in [1.29, 1.82) is 0 Å². The molecule has 0 unspecified atom stereocenters. The molecule has 1 saturated heterocycles. The fraction of sp³-hybridized carbons (Fsp3) is 0.692. The number of rotatable bonds is 5. The first-order valence-corrected chi connectivity index (χ1v) is 7.25. The summed E-state index contributed by atoms with van der Waals surface area (Å²) in [6, 6.07) is 0. The van der Waals surface area contributed by atoms with Crippen LogP contribution in [0.1, 0.15) is 19.8 Å². The predicted molar refractivity (Wildman–Crippen MR) is 81.3 cm³/mol. The number of aromatic nitrogens is 2. The van der Waals surface area contributed by atoms with Gasteiger partial charge in [-0.25, -0.2) is 9.80 Å². The maximum Gasteiger partial charge on any atom is 0.332 e. The molecule has 1 aromatic heterocycles. The second kappa shape index (κ2) is 6.77. The smallest absolute Gasteiger partial charge is 0.332 e. The third-order valence-electron chi connectivity index (χ3n) is 3.60. The third-order valence-corrected chi connectivity index (χ3v) is 3.60. The van der Waals surface area contributed by atoms with Gasteiger partial charge in [-0.2, -0.15) is 0 Å². The van der Waals surface area contributed by atoms with Crippen molar-refractivity contribution in [3.05, 3.63) is 20.8 Å². The Morgan fingerprint density at radius 3 is 2.57 bits per heavy atom. The first-order chi connectivity index (χ1) is 10.1. The summed E-state index contributed by atoms with van der Waals surface area (Å²) in [5, 5.41) is 1.88. The fourth-order valence-corrected chi connectivity index (χ4v) is 2.25. The van der Waals surface area contributed by atoms with Crippen LogP contribution in [0.3, 0.4) is 0 Å². The van der Waals surface area contributed by atoms with Crippen LogP contribution in [-0.4, -0.2) is 40.4 Å². The van der Waals surface area contributed by atoms with E-state index in [1.54, 1.807) is 0 Å². The van der Waals surface area contributed by atoms with Gasteiger partial charge in [0.2, 0.25) is 0 Å². The Hall–Kier alpha value is -1.80. The number of unbranched alkanes of at least 4 members (excludes halogenated alkanes) is 1. The van der Waals surface area contributed by atoms with E-state index in [0.717, 1.165) is 17.4 Å². The highest BCUT2D eigenvalue weighted by Gasteiger charge is 2.18. The van der Waals surface area contributed by atoms with Crippen molar-refractivity contribution in [2.45, 2.75) is 26.3 Å². The predicted octanol–water partition coefficient (Wildman–Crippen LogP) is -0.412. The van der Waals surface area contributed by atoms with Crippen molar-refractivity contribution >= 4 is 11.5 Å². The first kappa shape index (κ1) is 15.6. The molecule has 1 fully saturated rings. The average Bonchev–Trinajstić information content (AvgIpc) is 2.51. The molecular weight excluding hydrogens is 274 g/mol. The number of anilines is 2. The Kier molecular flexibility index (Phi) is 5.03. The van der Waals surface area contributed by atoms with Crippen LogP contribution in [0.25, 0.3) is 0 Å². The van der Waals surface area contributed by atoms with E-state index in [1.165, 1.54) is 11.6 Å². The second-order valence-corrected chi connectivity index (χ2v) is 5.12. The molecule has 0 atom stereocenters. The van der Waals surface area contributed by atoms with E-state index in [0.29, 0.717) is 32.8 Å². The van der Waals surface area contributed by atoms with E-state index in [9.17, 15) is 9.59 Å². The SMILES string of the molecule is CCCCn1c(N)c(NN2CCOCC2)c(=O)n(C)c1=O. The van der Waals surface area contributed by atoms with Gasteiger partial charge in [-0.1, -0.05) is 13.3 Å². The summed E-state index contributed by atoms with van der Waals surface area (Å²) in [5.74, 6) is 0.197. The zero-order chi connectivity index (χ0) is 15.4. The number of nitrogens with zero attached hydrogens (tertiary/aromatic N) is 3. The van der Waals surface area contributed by atoms with Crippen LogP contribution in [0.15, 0.2) is 9.59 Å². The van der Waals surface area contributed by atoms with Gasteiger partial charge >= 0.3 is 5.69 Å². The van der Waals surface area contributed by atoms with E-state index in [1.807, 2.05) is 11.9 Å². The molecule has 8 heteroatoms. The summed E-state index contributed by atoms with van der Waals surface area (Å²) >= 11 is 0. The lowest BCUT2D eigenvalue weighted by Gasteiger charge is -2.28. The minimum absolute atomic E-state index is 0.197. The zero-order valence-corrected chi connectivity index (χ0v) is 12.6. The molecule has 118 valence electrons. The first-order valence-electron chi connectivity index (χ1n) is 7.25. The van der Waals surface area contributed by atoms with Crippen molar-refractivity contribution < 1.29 is 4.74 Å². The van der Waals surface area contributed by atoms with E-state index in [4.69, 9.17) is 10.5 Å². The van der Waals surface area contributed by atoms with Crippen molar-refractivity contribution in [3.63, 3.8) is 0 Å². The summed E-state index contributed by atoms with van der Waals surface area (Å²) < 4.78 is 7.81.